The molecule has 22 heavy (non-hydrogen) atoms. The zero-order valence-corrected chi connectivity index (χ0v) is 13.8. The largest absolute Gasteiger partial charge is 0.493 e. The van der Waals surface area contributed by atoms with Crippen LogP contribution in [-0.4, -0.2) is 30.0 Å². The molecule has 0 spiro atoms. The molecular weight excluding hydrogens is 274 g/mol. The maximum absolute atomic E-state index is 12.5. The van der Waals surface area contributed by atoms with E-state index in [1.165, 1.54) is 6.42 Å². The molecule has 120 valence electrons. The minimum atomic E-state index is 0.122. The van der Waals surface area contributed by atoms with Crippen molar-refractivity contribution in [1.29, 1.82) is 0 Å². The molecule has 1 heterocycles. The van der Waals surface area contributed by atoms with Gasteiger partial charge in [0.05, 0.1) is 6.61 Å². The zero-order chi connectivity index (χ0) is 15.8. The Morgan fingerprint density at radius 1 is 1.32 bits per heavy atom. The molecule has 1 aliphatic heterocycles. The fourth-order valence-electron chi connectivity index (χ4n) is 2.93. The third-order valence-corrected chi connectivity index (χ3v) is 4.17. The van der Waals surface area contributed by atoms with Crippen LogP contribution in [0.3, 0.4) is 0 Å². The van der Waals surface area contributed by atoms with Gasteiger partial charge in [0, 0.05) is 24.2 Å². The maximum Gasteiger partial charge on any atom is 0.246 e. The number of para-hydroxylation sites is 1. The fraction of sp³-hybridized carbons (Fsp3) is 0.526. The second kappa shape index (κ2) is 8.62. The van der Waals surface area contributed by atoms with E-state index in [0.29, 0.717) is 12.6 Å². The second-order valence-corrected chi connectivity index (χ2v) is 5.81. The number of amides is 1. The van der Waals surface area contributed by atoms with Gasteiger partial charge in [0.2, 0.25) is 5.91 Å². The monoisotopic (exact) mass is 301 g/mol. The first-order chi connectivity index (χ1) is 10.8. The molecule has 0 aromatic heterocycles. The average Bonchev–Trinajstić information content (AvgIpc) is 2.58. The lowest BCUT2D eigenvalue weighted by Crippen LogP contribution is -2.42. The van der Waals surface area contributed by atoms with Crippen LogP contribution in [0.5, 0.6) is 5.75 Å². The number of hydrogen-bond acceptors (Lipinski definition) is 2. The van der Waals surface area contributed by atoms with Gasteiger partial charge in [-0.15, -0.1) is 0 Å². The van der Waals surface area contributed by atoms with Crippen molar-refractivity contribution in [2.24, 2.45) is 0 Å². The maximum atomic E-state index is 12.5. The number of likely N-dealkylation sites (tertiary alicyclic amines) is 1. The number of carbonyl (C=O) groups excluding carboxylic acids is 1. The Balaban J connectivity index is 2.05. The number of ether oxygens (including phenoxy) is 1. The summed E-state index contributed by atoms with van der Waals surface area (Å²) in [5.41, 5.74) is 0.967. The van der Waals surface area contributed by atoms with Crippen LogP contribution in [0.2, 0.25) is 0 Å². The molecule has 1 saturated heterocycles. The Labute approximate surface area is 134 Å². The molecular formula is C19H27NO2. The molecule has 2 rings (SSSR count). The van der Waals surface area contributed by atoms with Gasteiger partial charge in [-0.1, -0.05) is 32.0 Å². The summed E-state index contributed by atoms with van der Waals surface area (Å²) in [5, 5.41) is 0. The summed E-state index contributed by atoms with van der Waals surface area (Å²) < 4.78 is 5.73. The standard InChI is InChI=1S/C19H27NO2/c1-3-15-22-18-11-6-5-9-16(18)12-13-19(21)20-14-8-7-10-17(20)4-2/h5-6,9,11-13,17H,3-4,7-8,10,14-15H2,1-2H3/b13-12+. The number of rotatable bonds is 6. The third kappa shape index (κ3) is 4.36. The van der Waals surface area contributed by atoms with Gasteiger partial charge in [0.15, 0.2) is 0 Å². The van der Waals surface area contributed by atoms with Crippen LogP contribution < -0.4 is 4.74 Å². The lowest BCUT2D eigenvalue weighted by Gasteiger charge is -2.34. The smallest absolute Gasteiger partial charge is 0.246 e. The van der Waals surface area contributed by atoms with Crippen molar-refractivity contribution in [1.82, 2.24) is 4.90 Å². The minimum absolute atomic E-state index is 0.122. The van der Waals surface area contributed by atoms with E-state index in [9.17, 15) is 4.79 Å². The first kappa shape index (κ1) is 16.6. The highest BCUT2D eigenvalue weighted by atomic mass is 16.5. The number of benzene rings is 1. The lowest BCUT2D eigenvalue weighted by atomic mass is 10.00. The Morgan fingerprint density at radius 2 is 2.14 bits per heavy atom. The van der Waals surface area contributed by atoms with E-state index in [2.05, 4.69) is 13.8 Å². The van der Waals surface area contributed by atoms with Crippen molar-refractivity contribution in [2.75, 3.05) is 13.2 Å². The molecule has 0 aliphatic carbocycles. The van der Waals surface area contributed by atoms with Crippen molar-refractivity contribution in [3.05, 3.63) is 35.9 Å². The van der Waals surface area contributed by atoms with Crippen LogP contribution in [-0.2, 0) is 4.79 Å². The third-order valence-electron chi connectivity index (χ3n) is 4.17. The van der Waals surface area contributed by atoms with Crippen molar-refractivity contribution >= 4 is 12.0 Å². The second-order valence-electron chi connectivity index (χ2n) is 5.81. The molecule has 1 amide bonds. The topological polar surface area (TPSA) is 29.5 Å². The average molecular weight is 301 g/mol. The lowest BCUT2D eigenvalue weighted by molar-refractivity contribution is -0.129. The highest BCUT2D eigenvalue weighted by Crippen LogP contribution is 2.22. The summed E-state index contributed by atoms with van der Waals surface area (Å²) in [6.45, 7) is 5.83. The van der Waals surface area contributed by atoms with Crippen LogP contribution in [0, 0.1) is 0 Å². The predicted octanol–water partition coefficient (Wildman–Crippen LogP) is 4.28. The van der Waals surface area contributed by atoms with Crippen molar-refractivity contribution in [3.63, 3.8) is 0 Å². The Hall–Kier alpha value is -1.77. The molecule has 0 N–H and O–H groups in total. The summed E-state index contributed by atoms with van der Waals surface area (Å²) in [6.07, 6.45) is 9.08. The van der Waals surface area contributed by atoms with Crippen molar-refractivity contribution in [3.8, 4) is 5.75 Å². The molecule has 1 unspecified atom stereocenters. The van der Waals surface area contributed by atoms with E-state index >= 15 is 0 Å². The number of piperidine rings is 1. The normalized spacial score (nSPS) is 18.6. The van der Waals surface area contributed by atoms with Crippen LogP contribution in [0.4, 0.5) is 0 Å². The van der Waals surface area contributed by atoms with Crippen LogP contribution in [0.25, 0.3) is 6.08 Å². The van der Waals surface area contributed by atoms with Crippen molar-refractivity contribution < 1.29 is 9.53 Å². The Kier molecular flexibility index (Phi) is 6.50. The van der Waals surface area contributed by atoms with E-state index in [-0.39, 0.29) is 5.91 Å². The zero-order valence-electron chi connectivity index (χ0n) is 13.8. The molecule has 0 saturated carbocycles. The molecule has 1 fully saturated rings. The first-order valence-corrected chi connectivity index (χ1v) is 8.46. The van der Waals surface area contributed by atoms with E-state index in [0.717, 1.165) is 43.5 Å². The molecule has 3 heteroatoms. The summed E-state index contributed by atoms with van der Waals surface area (Å²) in [6, 6.07) is 8.27. The summed E-state index contributed by atoms with van der Waals surface area (Å²) in [5.74, 6) is 0.968. The molecule has 1 aromatic carbocycles. The highest BCUT2D eigenvalue weighted by molar-refractivity contribution is 5.92. The van der Waals surface area contributed by atoms with Gasteiger partial charge in [-0.2, -0.15) is 0 Å². The van der Waals surface area contributed by atoms with Gasteiger partial charge in [-0.25, -0.2) is 0 Å². The van der Waals surface area contributed by atoms with E-state index in [4.69, 9.17) is 4.74 Å². The van der Waals surface area contributed by atoms with Crippen molar-refractivity contribution in [2.45, 2.75) is 52.0 Å². The molecule has 0 radical (unpaired) electrons. The van der Waals surface area contributed by atoms with E-state index in [1.54, 1.807) is 6.08 Å². The molecule has 1 aromatic rings. The highest BCUT2D eigenvalue weighted by Gasteiger charge is 2.23. The van der Waals surface area contributed by atoms with Crippen LogP contribution >= 0.6 is 0 Å². The van der Waals surface area contributed by atoms with Gasteiger partial charge in [-0.05, 0) is 44.2 Å². The van der Waals surface area contributed by atoms with Gasteiger partial charge in [0.25, 0.3) is 0 Å². The predicted molar refractivity (Wildman–Crippen MR) is 90.9 cm³/mol. The van der Waals surface area contributed by atoms with Gasteiger partial charge in [0.1, 0.15) is 5.75 Å². The fourth-order valence-corrected chi connectivity index (χ4v) is 2.93. The van der Waals surface area contributed by atoms with E-state index < -0.39 is 0 Å². The van der Waals surface area contributed by atoms with Gasteiger partial charge < -0.3 is 9.64 Å². The molecule has 0 bridgehead atoms. The number of nitrogens with zero attached hydrogens (tertiary/aromatic N) is 1. The molecule has 1 aliphatic rings. The van der Waals surface area contributed by atoms with Gasteiger partial charge >= 0.3 is 0 Å². The number of hydrogen-bond donors (Lipinski definition) is 0. The number of carbonyl (C=O) groups is 1. The summed E-state index contributed by atoms with van der Waals surface area (Å²) in [4.78, 5) is 14.5. The van der Waals surface area contributed by atoms with Crippen LogP contribution in [0.1, 0.15) is 51.5 Å². The molecule has 1 atom stereocenters. The Morgan fingerprint density at radius 3 is 2.91 bits per heavy atom. The van der Waals surface area contributed by atoms with E-state index in [1.807, 2.05) is 35.2 Å². The first-order valence-electron chi connectivity index (χ1n) is 8.46. The Bertz CT molecular complexity index is 510. The summed E-state index contributed by atoms with van der Waals surface area (Å²) >= 11 is 0. The van der Waals surface area contributed by atoms with Crippen LogP contribution in [0.15, 0.2) is 30.3 Å². The summed E-state index contributed by atoms with van der Waals surface area (Å²) in [7, 11) is 0. The molecule has 3 nitrogen and oxygen atoms in total. The quantitative estimate of drug-likeness (QED) is 0.734. The SMILES string of the molecule is CCCOc1ccccc1/C=C/C(=O)N1CCCCC1CC. The minimum Gasteiger partial charge on any atom is -0.493 e. The van der Waals surface area contributed by atoms with Gasteiger partial charge in [-0.3, -0.25) is 4.79 Å².